The van der Waals surface area contributed by atoms with Crippen molar-refractivity contribution in [3.05, 3.63) is 29.8 Å². The average Bonchev–Trinajstić information content (AvgIpc) is 2.75. The van der Waals surface area contributed by atoms with Crippen LogP contribution in [-0.4, -0.2) is 47.3 Å². The molecule has 0 aromatic heterocycles. The molecule has 1 saturated heterocycles. The zero-order valence-corrected chi connectivity index (χ0v) is 13.4. The van der Waals surface area contributed by atoms with E-state index >= 15 is 0 Å². The van der Waals surface area contributed by atoms with Gasteiger partial charge in [-0.05, 0) is 37.5 Å². The summed E-state index contributed by atoms with van der Waals surface area (Å²) in [5.41, 5.74) is 1.73. The maximum atomic E-state index is 12.1. The molecule has 1 aromatic carbocycles. The van der Waals surface area contributed by atoms with Crippen LogP contribution in [-0.2, 0) is 9.59 Å². The van der Waals surface area contributed by atoms with Gasteiger partial charge in [0, 0.05) is 5.69 Å². The van der Waals surface area contributed by atoms with Crippen LogP contribution in [0.4, 0.5) is 10.5 Å². The summed E-state index contributed by atoms with van der Waals surface area (Å²) in [6.07, 6.45) is 2.51. The van der Waals surface area contributed by atoms with Crippen molar-refractivity contribution in [2.45, 2.75) is 19.4 Å². The van der Waals surface area contributed by atoms with Gasteiger partial charge in [-0.3, -0.25) is 14.5 Å². The van der Waals surface area contributed by atoms with Crippen molar-refractivity contribution in [2.75, 3.05) is 23.9 Å². The van der Waals surface area contributed by atoms with Gasteiger partial charge in [0.2, 0.25) is 5.91 Å². The van der Waals surface area contributed by atoms with Gasteiger partial charge in [-0.25, -0.2) is 4.79 Å². The second kappa shape index (κ2) is 7.31. The smallest absolute Gasteiger partial charge is 0.325 e. The van der Waals surface area contributed by atoms with E-state index in [1.54, 1.807) is 23.9 Å². The molecule has 4 amide bonds. The highest BCUT2D eigenvalue weighted by atomic mass is 32.2. The first-order valence-corrected chi connectivity index (χ1v) is 8.38. The molecule has 0 spiro atoms. The van der Waals surface area contributed by atoms with Gasteiger partial charge in [-0.15, -0.1) is 0 Å². The number of imide groups is 1. The first-order valence-electron chi connectivity index (χ1n) is 6.98. The van der Waals surface area contributed by atoms with E-state index < -0.39 is 18.0 Å². The molecule has 1 aliphatic heterocycles. The van der Waals surface area contributed by atoms with E-state index in [-0.39, 0.29) is 12.5 Å². The minimum Gasteiger partial charge on any atom is -0.326 e. The Labute approximate surface area is 133 Å². The van der Waals surface area contributed by atoms with Gasteiger partial charge in [0.05, 0.1) is 0 Å². The van der Waals surface area contributed by atoms with Crippen LogP contribution in [0.5, 0.6) is 0 Å². The van der Waals surface area contributed by atoms with E-state index in [0.717, 1.165) is 16.2 Å². The molecule has 0 bridgehead atoms. The molecule has 22 heavy (non-hydrogen) atoms. The first kappa shape index (κ1) is 16.4. The Hall–Kier alpha value is -2.02. The minimum absolute atomic E-state index is 0.270. The molecule has 1 atom stereocenters. The SMILES string of the molecule is CSCCC1NC(=O)N(CC(=O)Nc2ccc(C)cc2)C1=O. The highest BCUT2D eigenvalue weighted by Crippen LogP contribution is 2.13. The van der Waals surface area contributed by atoms with Gasteiger partial charge >= 0.3 is 6.03 Å². The predicted molar refractivity (Wildman–Crippen MR) is 86.8 cm³/mol. The largest absolute Gasteiger partial charge is 0.326 e. The number of nitrogens with zero attached hydrogens (tertiary/aromatic N) is 1. The van der Waals surface area contributed by atoms with E-state index in [0.29, 0.717) is 12.1 Å². The number of amides is 4. The Morgan fingerprint density at radius 2 is 2.00 bits per heavy atom. The number of urea groups is 1. The molecule has 1 aromatic rings. The third-order valence-electron chi connectivity index (χ3n) is 3.35. The lowest BCUT2D eigenvalue weighted by molar-refractivity contribution is -0.130. The first-order chi connectivity index (χ1) is 10.5. The van der Waals surface area contributed by atoms with E-state index in [1.165, 1.54) is 0 Å². The topological polar surface area (TPSA) is 78.5 Å². The molecule has 7 heteroatoms. The standard InChI is InChI=1S/C15H19N3O3S/c1-10-3-5-11(6-4-10)16-13(19)9-18-14(20)12(7-8-22-2)17-15(18)21/h3-6,12H,7-9H2,1-2H3,(H,16,19)(H,17,21). The molecule has 6 nitrogen and oxygen atoms in total. The predicted octanol–water partition coefficient (Wildman–Crippen LogP) is 1.61. The second-order valence-corrected chi connectivity index (χ2v) is 6.11. The number of aryl methyl sites for hydroxylation is 1. The summed E-state index contributed by atoms with van der Waals surface area (Å²) in [6, 6.07) is 6.28. The molecule has 1 fully saturated rings. The van der Waals surface area contributed by atoms with Crippen LogP contribution in [0.3, 0.4) is 0 Å². The lowest BCUT2D eigenvalue weighted by atomic mass is 10.2. The number of benzene rings is 1. The molecule has 0 aliphatic carbocycles. The summed E-state index contributed by atoms with van der Waals surface area (Å²) in [5.74, 6) is 0.0519. The zero-order chi connectivity index (χ0) is 16.1. The molecule has 2 rings (SSSR count). The highest BCUT2D eigenvalue weighted by molar-refractivity contribution is 7.98. The number of anilines is 1. The summed E-state index contributed by atoms with van der Waals surface area (Å²) >= 11 is 1.61. The Morgan fingerprint density at radius 1 is 1.32 bits per heavy atom. The fraction of sp³-hybridized carbons (Fsp3) is 0.400. The Bertz CT molecular complexity index is 574. The van der Waals surface area contributed by atoms with Gasteiger partial charge in [-0.2, -0.15) is 11.8 Å². The lowest BCUT2D eigenvalue weighted by Gasteiger charge is -2.13. The third-order valence-corrected chi connectivity index (χ3v) is 4.00. The van der Waals surface area contributed by atoms with E-state index in [4.69, 9.17) is 0 Å². The van der Waals surface area contributed by atoms with Gasteiger partial charge in [0.25, 0.3) is 5.91 Å². The molecule has 118 valence electrons. The van der Waals surface area contributed by atoms with Crippen LogP contribution < -0.4 is 10.6 Å². The summed E-state index contributed by atoms with van der Waals surface area (Å²) < 4.78 is 0. The third kappa shape index (κ3) is 4.00. The number of rotatable bonds is 6. The van der Waals surface area contributed by atoms with Crippen molar-refractivity contribution in [2.24, 2.45) is 0 Å². The monoisotopic (exact) mass is 321 g/mol. The van der Waals surface area contributed by atoms with Crippen molar-refractivity contribution in [1.29, 1.82) is 0 Å². The highest BCUT2D eigenvalue weighted by Gasteiger charge is 2.38. The molecule has 0 saturated carbocycles. The lowest BCUT2D eigenvalue weighted by Crippen LogP contribution is -2.38. The Morgan fingerprint density at radius 3 is 2.64 bits per heavy atom. The summed E-state index contributed by atoms with van der Waals surface area (Å²) in [6.45, 7) is 1.68. The number of carbonyl (C=O) groups excluding carboxylic acids is 3. The number of hydrogen-bond donors (Lipinski definition) is 2. The number of nitrogens with one attached hydrogen (secondary N) is 2. The van der Waals surface area contributed by atoms with E-state index in [9.17, 15) is 14.4 Å². The van der Waals surface area contributed by atoms with Gasteiger partial charge < -0.3 is 10.6 Å². The van der Waals surface area contributed by atoms with Crippen LogP contribution in [0.2, 0.25) is 0 Å². The van der Waals surface area contributed by atoms with Gasteiger partial charge in [0.1, 0.15) is 12.6 Å². The fourth-order valence-electron chi connectivity index (χ4n) is 2.14. The van der Waals surface area contributed by atoms with E-state index in [2.05, 4.69) is 10.6 Å². The number of thioether (sulfide) groups is 1. The van der Waals surface area contributed by atoms with Crippen LogP contribution in [0.1, 0.15) is 12.0 Å². The summed E-state index contributed by atoms with van der Waals surface area (Å²) in [7, 11) is 0. The van der Waals surface area contributed by atoms with Gasteiger partial charge in [0.15, 0.2) is 0 Å². The van der Waals surface area contributed by atoms with Crippen LogP contribution in [0, 0.1) is 6.92 Å². The summed E-state index contributed by atoms with van der Waals surface area (Å²) in [4.78, 5) is 36.8. The van der Waals surface area contributed by atoms with Crippen molar-refractivity contribution in [3.8, 4) is 0 Å². The van der Waals surface area contributed by atoms with Gasteiger partial charge in [-0.1, -0.05) is 17.7 Å². The zero-order valence-electron chi connectivity index (χ0n) is 12.6. The number of hydrogen-bond acceptors (Lipinski definition) is 4. The second-order valence-electron chi connectivity index (χ2n) is 5.12. The minimum atomic E-state index is -0.521. The normalized spacial score (nSPS) is 17.5. The Kier molecular flexibility index (Phi) is 5.43. The fourth-order valence-corrected chi connectivity index (χ4v) is 2.61. The molecule has 1 unspecified atom stereocenters. The summed E-state index contributed by atoms with van der Waals surface area (Å²) in [5, 5.41) is 5.29. The van der Waals surface area contributed by atoms with Crippen LogP contribution in [0.25, 0.3) is 0 Å². The molecule has 2 N–H and O–H groups in total. The molecular formula is C15H19N3O3S. The van der Waals surface area contributed by atoms with E-state index in [1.807, 2.05) is 25.3 Å². The molecule has 0 radical (unpaired) electrons. The van der Waals surface area contributed by atoms with Crippen molar-refractivity contribution < 1.29 is 14.4 Å². The van der Waals surface area contributed by atoms with Crippen LogP contribution in [0.15, 0.2) is 24.3 Å². The van der Waals surface area contributed by atoms with Crippen molar-refractivity contribution in [3.63, 3.8) is 0 Å². The average molecular weight is 321 g/mol. The number of carbonyl (C=O) groups is 3. The molecular weight excluding hydrogens is 302 g/mol. The van der Waals surface area contributed by atoms with Crippen LogP contribution >= 0.6 is 11.8 Å². The quantitative estimate of drug-likeness (QED) is 0.780. The maximum absolute atomic E-state index is 12.1. The molecule has 1 aliphatic rings. The Balaban J connectivity index is 1.92. The maximum Gasteiger partial charge on any atom is 0.325 e. The molecule has 1 heterocycles. The van der Waals surface area contributed by atoms with Crippen molar-refractivity contribution >= 4 is 35.3 Å². The van der Waals surface area contributed by atoms with Crippen molar-refractivity contribution in [1.82, 2.24) is 10.2 Å².